The first kappa shape index (κ1) is 15.5. The van der Waals surface area contributed by atoms with Gasteiger partial charge in [-0.3, -0.25) is 9.56 Å². The van der Waals surface area contributed by atoms with Gasteiger partial charge < -0.3 is 5.11 Å². The second kappa shape index (κ2) is 6.12. The topological polar surface area (TPSA) is 63.3 Å². The van der Waals surface area contributed by atoms with Crippen LogP contribution in [-0.2, 0) is 19.6 Å². The lowest BCUT2D eigenvalue weighted by Crippen LogP contribution is -2.07. The van der Waals surface area contributed by atoms with Crippen molar-refractivity contribution < 1.29 is 5.11 Å². The van der Waals surface area contributed by atoms with Gasteiger partial charge in [-0.25, -0.2) is 0 Å². The summed E-state index contributed by atoms with van der Waals surface area (Å²) in [5, 5.41) is 19.6. The van der Waals surface area contributed by atoms with E-state index in [1.807, 2.05) is 28.8 Å². The molecule has 7 heteroatoms. The molecule has 0 amide bonds. The second-order valence-corrected chi connectivity index (χ2v) is 6.98. The van der Waals surface area contributed by atoms with Gasteiger partial charge in [0.1, 0.15) is 18.2 Å². The van der Waals surface area contributed by atoms with E-state index in [0.717, 1.165) is 34.1 Å². The number of aliphatic hydroxyl groups is 1. The Kier molecular flexibility index (Phi) is 3.96. The number of aliphatic hydroxyl groups excluding tert-OH is 1. The summed E-state index contributed by atoms with van der Waals surface area (Å²) in [5.41, 5.74) is 2.78. The molecular formula is C17H15ClN4OS. The van der Waals surface area contributed by atoms with E-state index in [1.165, 1.54) is 4.88 Å². The largest absolute Gasteiger partial charge is 0.388 e. The lowest BCUT2D eigenvalue weighted by atomic mass is 10.0. The van der Waals surface area contributed by atoms with Gasteiger partial charge in [-0.05, 0) is 18.6 Å². The van der Waals surface area contributed by atoms with Crippen LogP contribution in [0, 0.1) is 0 Å². The standard InChI is InChI=1S/C17H15ClN4OS/c1-2-10-7-12-16(11-5-3-4-6-13(11)18)19-8-14-20-21-15(9-23)22(14)17(12)24-10/h3-7,23H,2,8-9H2,1H3. The zero-order valence-corrected chi connectivity index (χ0v) is 14.6. The Bertz CT molecular complexity index is 944. The molecule has 0 radical (unpaired) electrons. The highest BCUT2D eigenvalue weighted by molar-refractivity contribution is 7.15. The predicted molar refractivity (Wildman–Crippen MR) is 95.3 cm³/mol. The summed E-state index contributed by atoms with van der Waals surface area (Å²) in [6.07, 6.45) is 0.930. The Morgan fingerprint density at radius 3 is 2.83 bits per heavy atom. The number of hydrogen-bond acceptors (Lipinski definition) is 5. The van der Waals surface area contributed by atoms with Crippen molar-refractivity contribution in [3.05, 3.63) is 63.0 Å². The number of thiophene rings is 1. The minimum absolute atomic E-state index is 0.159. The first-order chi connectivity index (χ1) is 11.7. The maximum atomic E-state index is 9.61. The number of nitrogens with zero attached hydrogens (tertiary/aromatic N) is 4. The van der Waals surface area contributed by atoms with Gasteiger partial charge in [-0.15, -0.1) is 21.5 Å². The van der Waals surface area contributed by atoms with Gasteiger partial charge >= 0.3 is 0 Å². The van der Waals surface area contributed by atoms with E-state index in [0.29, 0.717) is 17.4 Å². The van der Waals surface area contributed by atoms with Crippen molar-refractivity contribution in [1.82, 2.24) is 14.8 Å². The van der Waals surface area contributed by atoms with E-state index in [-0.39, 0.29) is 6.61 Å². The van der Waals surface area contributed by atoms with Gasteiger partial charge in [0.2, 0.25) is 0 Å². The van der Waals surface area contributed by atoms with Gasteiger partial charge in [0.05, 0.1) is 5.71 Å². The maximum absolute atomic E-state index is 9.61. The van der Waals surface area contributed by atoms with Gasteiger partial charge in [0.25, 0.3) is 0 Å². The number of rotatable bonds is 3. The van der Waals surface area contributed by atoms with Crippen molar-refractivity contribution in [2.75, 3.05) is 0 Å². The summed E-state index contributed by atoms with van der Waals surface area (Å²) in [5.74, 6) is 1.26. The molecule has 0 fully saturated rings. The SMILES string of the molecule is CCc1cc2c(s1)-n1c(CO)nnc1CN=C2c1ccccc1Cl. The minimum atomic E-state index is -0.159. The average Bonchev–Trinajstić information content (AvgIpc) is 3.17. The molecule has 2 aromatic heterocycles. The predicted octanol–water partition coefficient (Wildman–Crippen LogP) is 3.39. The zero-order valence-electron chi connectivity index (χ0n) is 13.0. The van der Waals surface area contributed by atoms with Crippen LogP contribution < -0.4 is 0 Å². The lowest BCUT2D eigenvalue weighted by Gasteiger charge is -2.09. The molecule has 1 aliphatic heterocycles. The molecule has 4 rings (SSSR count). The summed E-state index contributed by atoms with van der Waals surface area (Å²) < 4.78 is 1.92. The monoisotopic (exact) mass is 358 g/mol. The van der Waals surface area contributed by atoms with E-state index in [4.69, 9.17) is 16.6 Å². The summed E-state index contributed by atoms with van der Waals surface area (Å²) in [6.45, 7) is 2.36. The fourth-order valence-corrected chi connectivity index (χ4v) is 4.22. The molecule has 3 heterocycles. The molecule has 3 aromatic rings. The first-order valence-corrected chi connectivity index (χ1v) is 8.89. The van der Waals surface area contributed by atoms with Crippen molar-refractivity contribution in [2.45, 2.75) is 26.5 Å². The Balaban J connectivity index is 1.98. The molecule has 0 spiro atoms. The molecule has 0 aliphatic carbocycles. The number of aromatic nitrogens is 3. The smallest absolute Gasteiger partial charge is 0.164 e. The molecule has 1 N–H and O–H groups in total. The number of aryl methyl sites for hydroxylation is 1. The maximum Gasteiger partial charge on any atom is 0.164 e. The van der Waals surface area contributed by atoms with E-state index >= 15 is 0 Å². The number of fused-ring (bicyclic) bond motifs is 3. The van der Waals surface area contributed by atoms with Crippen molar-refractivity contribution in [1.29, 1.82) is 0 Å². The quantitative estimate of drug-likeness (QED) is 0.780. The molecule has 24 heavy (non-hydrogen) atoms. The van der Waals surface area contributed by atoms with E-state index < -0.39 is 0 Å². The van der Waals surface area contributed by atoms with Crippen LogP contribution in [0.5, 0.6) is 0 Å². The fraction of sp³-hybridized carbons (Fsp3) is 0.235. The molecular weight excluding hydrogens is 344 g/mol. The van der Waals surface area contributed by atoms with Crippen molar-refractivity contribution in [3.8, 4) is 5.00 Å². The third-order valence-corrected chi connectivity index (χ3v) is 5.61. The summed E-state index contributed by atoms with van der Waals surface area (Å²) in [6, 6.07) is 9.87. The summed E-state index contributed by atoms with van der Waals surface area (Å²) in [4.78, 5) is 6.01. The summed E-state index contributed by atoms with van der Waals surface area (Å²) in [7, 11) is 0. The van der Waals surface area contributed by atoms with Crippen LogP contribution in [0.25, 0.3) is 5.00 Å². The zero-order chi connectivity index (χ0) is 16.7. The Labute approximate surface area is 148 Å². The van der Waals surface area contributed by atoms with Gasteiger partial charge in [0, 0.05) is 21.0 Å². The molecule has 1 aromatic carbocycles. The van der Waals surface area contributed by atoms with Crippen LogP contribution in [0.2, 0.25) is 5.02 Å². The molecule has 122 valence electrons. The number of hydrogen-bond donors (Lipinski definition) is 1. The molecule has 5 nitrogen and oxygen atoms in total. The van der Waals surface area contributed by atoms with E-state index in [2.05, 4.69) is 23.2 Å². The highest BCUT2D eigenvalue weighted by Gasteiger charge is 2.25. The fourth-order valence-electron chi connectivity index (χ4n) is 2.85. The van der Waals surface area contributed by atoms with Crippen molar-refractivity contribution >= 4 is 28.6 Å². The Morgan fingerprint density at radius 2 is 2.08 bits per heavy atom. The van der Waals surface area contributed by atoms with Gasteiger partial charge in [-0.1, -0.05) is 36.7 Å². The van der Waals surface area contributed by atoms with E-state index in [1.54, 1.807) is 11.3 Å². The highest BCUT2D eigenvalue weighted by Crippen LogP contribution is 2.34. The Hall–Kier alpha value is -2.02. The molecule has 0 atom stereocenters. The molecule has 0 bridgehead atoms. The van der Waals surface area contributed by atoms with Crippen LogP contribution in [0.15, 0.2) is 35.3 Å². The third kappa shape index (κ3) is 2.38. The van der Waals surface area contributed by atoms with Gasteiger partial charge in [0.15, 0.2) is 11.6 Å². The van der Waals surface area contributed by atoms with E-state index in [9.17, 15) is 5.11 Å². The van der Waals surface area contributed by atoms with Crippen LogP contribution in [-0.4, -0.2) is 25.6 Å². The molecule has 0 saturated heterocycles. The average molecular weight is 359 g/mol. The van der Waals surface area contributed by atoms with Crippen LogP contribution in [0.1, 0.15) is 34.6 Å². The van der Waals surface area contributed by atoms with Crippen molar-refractivity contribution in [3.63, 3.8) is 0 Å². The Morgan fingerprint density at radius 1 is 1.25 bits per heavy atom. The number of halogens is 1. The second-order valence-electron chi connectivity index (χ2n) is 5.46. The summed E-state index contributed by atoms with van der Waals surface area (Å²) >= 11 is 8.09. The highest BCUT2D eigenvalue weighted by atomic mass is 35.5. The number of benzene rings is 1. The normalized spacial score (nSPS) is 13.2. The molecule has 0 saturated carbocycles. The van der Waals surface area contributed by atoms with Crippen molar-refractivity contribution in [2.24, 2.45) is 4.99 Å². The number of aliphatic imine (C=N–C) groups is 1. The van der Waals surface area contributed by atoms with Crippen LogP contribution in [0.3, 0.4) is 0 Å². The van der Waals surface area contributed by atoms with Gasteiger partial charge in [-0.2, -0.15) is 0 Å². The first-order valence-electron chi connectivity index (χ1n) is 7.69. The third-order valence-electron chi connectivity index (χ3n) is 4.02. The van der Waals surface area contributed by atoms with Crippen LogP contribution >= 0.6 is 22.9 Å². The molecule has 0 unspecified atom stereocenters. The van der Waals surface area contributed by atoms with Crippen LogP contribution in [0.4, 0.5) is 0 Å². The lowest BCUT2D eigenvalue weighted by molar-refractivity contribution is 0.269. The minimum Gasteiger partial charge on any atom is -0.388 e. The molecule has 1 aliphatic rings.